The Morgan fingerprint density at radius 2 is 1.73 bits per heavy atom. The van der Waals surface area contributed by atoms with Gasteiger partial charge in [-0.3, -0.25) is 14.6 Å². The number of aryl methyl sites for hydroxylation is 1. The van der Waals surface area contributed by atoms with Crippen molar-refractivity contribution in [3.8, 4) is 5.75 Å². The molecule has 2 aromatic rings. The van der Waals surface area contributed by atoms with Crippen LogP contribution in [0.3, 0.4) is 0 Å². The van der Waals surface area contributed by atoms with Crippen molar-refractivity contribution in [1.82, 2.24) is 9.80 Å². The number of hydrogen-bond donors (Lipinski definition) is 1. The van der Waals surface area contributed by atoms with E-state index < -0.39 is 0 Å². The van der Waals surface area contributed by atoms with E-state index in [1.165, 1.54) is 0 Å². The van der Waals surface area contributed by atoms with Gasteiger partial charge in [0.1, 0.15) is 12.4 Å². The monoisotopic (exact) mass is 353 g/mol. The van der Waals surface area contributed by atoms with Gasteiger partial charge in [-0.15, -0.1) is 0 Å². The standard InChI is InChI=1S/C21H27N3O2/c1-18-6-5-7-19(16-18)22-21(25)17-24-12-10-23(11-13-24)14-15-26-20-8-3-2-4-9-20/h2-9,16H,10-15,17H2,1H3,(H,22,25). The van der Waals surface area contributed by atoms with Crippen LogP contribution in [0, 0.1) is 6.92 Å². The van der Waals surface area contributed by atoms with Crippen molar-refractivity contribution in [1.29, 1.82) is 0 Å². The molecule has 0 unspecified atom stereocenters. The minimum Gasteiger partial charge on any atom is -0.492 e. The number of ether oxygens (including phenoxy) is 1. The van der Waals surface area contributed by atoms with Crippen molar-refractivity contribution < 1.29 is 9.53 Å². The van der Waals surface area contributed by atoms with Crippen LogP contribution in [0.25, 0.3) is 0 Å². The second-order valence-electron chi connectivity index (χ2n) is 6.70. The van der Waals surface area contributed by atoms with E-state index in [1.54, 1.807) is 0 Å². The Kier molecular flexibility index (Phi) is 6.63. The van der Waals surface area contributed by atoms with Gasteiger partial charge in [-0.05, 0) is 36.8 Å². The molecule has 3 rings (SSSR count). The van der Waals surface area contributed by atoms with Gasteiger partial charge < -0.3 is 10.1 Å². The summed E-state index contributed by atoms with van der Waals surface area (Å²) in [6.07, 6.45) is 0. The second kappa shape index (κ2) is 9.36. The molecule has 1 N–H and O–H groups in total. The van der Waals surface area contributed by atoms with E-state index in [4.69, 9.17) is 4.74 Å². The number of nitrogens with zero attached hydrogens (tertiary/aromatic N) is 2. The fourth-order valence-electron chi connectivity index (χ4n) is 3.11. The molecule has 0 atom stereocenters. The fraction of sp³-hybridized carbons (Fsp3) is 0.381. The SMILES string of the molecule is Cc1cccc(NC(=O)CN2CCN(CCOc3ccccc3)CC2)c1. The Bertz CT molecular complexity index is 697. The first kappa shape index (κ1) is 18.4. The van der Waals surface area contributed by atoms with Crippen LogP contribution in [0.1, 0.15) is 5.56 Å². The molecule has 2 aromatic carbocycles. The van der Waals surface area contributed by atoms with Crippen LogP contribution in [-0.4, -0.2) is 61.6 Å². The molecule has 26 heavy (non-hydrogen) atoms. The predicted octanol–water partition coefficient (Wildman–Crippen LogP) is 2.63. The number of benzene rings is 2. The lowest BCUT2D eigenvalue weighted by molar-refractivity contribution is -0.117. The van der Waals surface area contributed by atoms with E-state index in [0.29, 0.717) is 13.2 Å². The number of para-hydroxylation sites is 1. The zero-order chi connectivity index (χ0) is 18.2. The van der Waals surface area contributed by atoms with E-state index in [9.17, 15) is 4.79 Å². The predicted molar refractivity (Wildman–Crippen MR) is 105 cm³/mol. The first-order valence-corrected chi connectivity index (χ1v) is 9.18. The molecule has 1 aliphatic heterocycles. The summed E-state index contributed by atoms with van der Waals surface area (Å²) >= 11 is 0. The number of carbonyl (C=O) groups is 1. The Hall–Kier alpha value is -2.37. The number of rotatable bonds is 7. The molecule has 1 aliphatic rings. The third-order valence-electron chi connectivity index (χ3n) is 4.55. The quantitative estimate of drug-likeness (QED) is 0.831. The fourth-order valence-corrected chi connectivity index (χ4v) is 3.11. The highest BCUT2D eigenvalue weighted by Gasteiger charge is 2.18. The van der Waals surface area contributed by atoms with Gasteiger partial charge in [-0.2, -0.15) is 0 Å². The Labute approximate surface area is 155 Å². The van der Waals surface area contributed by atoms with Gasteiger partial charge in [-0.25, -0.2) is 0 Å². The van der Waals surface area contributed by atoms with Crippen LogP contribution in [0.4, 0.5) is 5.69 Å². The van der Waals surface area contributed by atoms with E-state index >= 15 is 0 Å². The van der Waals surface area contributed by atoms with Crippen molar-refractivity contribution >= 4 is 11.6 Å². The van der Waals surface area contributed by atoms with Crippen LogP contribution < -0.4 is 10.1 Å². The van der Waals surface area contributed by atoms with Crippen molar-refractivity contribution in [2.75, 3.05) is 51.2 Å². The summed E-state index contributed by atoms with van der Waals surface area (Å²) < 4.78 is 5.76. The normalized spacial score (nSPS) is 15.6. The maximum absolute atomic E-state index is 12.2. The Morgan fingerprint density at radius 1 is 1.00 bits per heavy atom. The van der Waals surface area contributed by atoms with Gasteiger partial charge >= 0.3 is 0 Å². The molecule has 1 saturated heterocycles. The zero-order valence-corrected chi connectivity index (χ0v) is 15.4. The van der Waals surface area contributed by atoms with Crippen molar-refractivity contribution in [2.45, 2.75) is 6.92 Å². The molecule has 1 amide bonds. The van der Waals surface area contributed by atoms with Gasteiger partial charge in [0.2, 0.25) is 5.91 Å². The molecular formula is C21H27N3O2. The van der Waals surface area contributed by atoms with Gasteiger partial charge in [0.05, 0.1) is 6.54 Å². The molecule has 0 radical (unpaired) electrons. The highest BCUT2D eigenvalue weighted by atomic mass is 16.5. The van der Waals surface area contributed by atoms with E-state index in [1.807, 2.05) is 61.5 Å². The lowest BCUT2D eigenvalue weighted by Gasteiger charge is -2.34. The topological polar surface area (TPSA) is 44.8 Å². The third kappa shape index (κ3) is 5.86. The number of piperazine rings is 1. The smallest absolute Gasteiger partial charge is 0.238 e. The average Bonchev–Trinajstić information content (AvgIpc) is 2.64. The molecule has 1 fully saturated rings. The van der Waals surface area contributed by atoms with Crippen molar-refractivity contribution in [3.63, 3.8) is 0 Å². The van der Waals surface area contributed by atoms with Crippen LogP contribution in [0.5, 0.6) is 5.75 Å². The van der Waals surface area contributed by atoms with Crippen LogP contribution in [-0.2, 0) is 4.79 Å². The van der Waals surface area contributed by atoms with Crippen molar-refractivity contribution in [3.05, 3.63) is 60.2 Å². The van der Waals surface area contributed by atoms with Crippen LogP contribution >= 0.6 is 0 Å². The summed E-state index contributed by atoms with van der Waals surface area (Å²) in [6.45, 7) is 7.83. The average molecular weight is 353 g/mol. The number of nitrogens with one attached hydrogen (secondary N) is 1. The molecule has 138 valence electrons. The maximum atomic E-state index is 12.2. The summed E-state index contributed by atoms with van der Waals surface area (Å²) in [5, 5.41) is 2.98. The number of amides is 1. The summed E-state index contributed by atoms with van der Waals surface area (Å²) in [6, 6.07) is 17.8. The van der Waals surface area contributed by atoms with Gasteiger partial charge in [0, 0.05) is 38.4 Å². The third-order valence-corrected chi connectivity index (χ3v) is 4.55. The van der Waals surface area contributed by atoms with Crippen LogP contribution in [0.2, 0.25) is 0 Å². The molecule has 0 aliphatic carbocycles. The molecule has 0 aromatic heterocycles. The first-order chi connectivity index (χ1) is 12.7. The highest BCUT2D eigenvalue weighted by Crippen LogP contribution is 2.10. The Morgan fingerprint density at radius 3 is 2.46 bits per heavy atom. The number of hydrogen-bond acceptors (Lipinski definition) is 4. The largest absolute Gasteiger partial charge is 0.492 e. The molecule has 0 spiro atoms. The van der Waals surface area contributed by atoms with Gasteiger partial charge in [0.25, 0.3) is 0 Å². The second-order valence-corrected chi connectivity index (χ2v) is 6.70. The van der Waals surface area contributed by atoms with E-state index in [-0.39, 0.29) is 5.91 Å². The zero-order valence-electron chi connectivity index (χ0n) is 15.4. The van der Waals surface area contributed by atoms with E-state index in [2.05, 4.69) is 15.1 Å². The molecular weight excluding hydrogens is 326 g/mol. The summed E-state index contributed by atoms with van der Waals surface area (Å²) in [7, 11) is 0. The minimum atomic E-state index is 0.0523. The van der Waals surface area contributed by atoms with E-state index in [0.717, 1.165) is 49.7 Å². The number of anilines is 1. The number of carbonyl (C=O) groups excluding carboxylic acids is 1. The van der Waals surface area contributed by atoms with Crippen LogP contribution in [0.15, 0.2) is 54.6 Å². The minimum absolute atomic E-state index is 0.0523. The summed E-state index contributed by atoms with van der Waals surface area (Å²) in [4.78, 5) is 16.8. The molecule has 1 heterocycles. The molecule has 5 heteroatoms. The van der Waals surface area contributed by atoms with Gasteiger partial charge in [-0.1, -0.05) is 30.3 Å². The highest BCUT2D eigenvalue weighted by molar-refractivity contribution is 5.92. The molecule has 0 bridgehead atoms. The van der Waals surface area contributed by atoms with Gasteiger partial charge in [0.15, 0.2) is 0 Å². The summed E-state index contributed by atoms with van der Waals surface area (Å²) in [5.41, 5.74) is 2.01. The molecule has 0 saturated carbocycles. The molecule has 5 nitrogen and oxygen atoms in total. The first-order valence-electron chi connectivity index (χ1n) is 9.18. The lowest BCUT2D eigenvalue weighted by atomic mass is 10.2. The Balaban J connectivity index is 1.33. The van der Waals surface area contributed by atoms with Crippen molar-refractivity contribution in [2.24, 2.45) is 0 Å². The maximum Gasteiger partial charge on any atom is 0.238 e. The lowest BCUT2D eigenvalue weighted by Crippen LogP contribution is -2.49. The summed E-state index contributed by atoms with van der Waals surface area (Å²) in [5.74, 6) is 0.968.